The molecule has 1 amide bonds. The second-order valence-electron chi connectivity index (χ2n) is 6.61. The van der Waals surface area contributed by atoms with E-state index in [1.54, 1.807) is 18.2 Å². The van der Waals surface area contributed by atoms with Crippen LogP contribution in [0.3, 0.4) is 0 Å². The normalized spacial score (nSPS) is 20.9. The highest BCUT2D eigenvalue weighted by Crippen LogP contribution is 2.29. The van der Waals surface area contributed by atoms with Crippen LogP contribution in [0.15, 0.2) is 30.4 Å². The molecule has 0 unspecified atom stereocenters. The number of nitrogens with one attached hydrogen (secondary N) is 1. The zero-order valence-electron chi connectivity index (χ0n) is 14.8. The van der Waals surface area contributed by atoms with Gasteiger partial charge in [0.15, 0.2) is 11.5 Å². The lowest BCUT2D eigenvalue weighted by molar-refractivity contribution is -0.121. The largest absolute Gasteiger partial charge is 0.504 e. The van der Waals surface area contributed by atoms with Crippen molar-refractivity contribution in [1.82, 2.24) is 5.32 Å². The Bertz CT molecular complexity index is 560. The van der Waals surface area contributed by atoms with Gasteiger partial charge >= 0.3 is 0 Å². The SMILES string of the molecule is C/C=C\CC[C@H]1CC[C@H](NC(=O)Cc2ccc(O)c(OC)c2)CC1. The zero-order chi connectivity index (χ0) is 17.4. The van der Waals surface area contributed by atoms with Gasteiger partial charge in [0.25, 0.3) is 0 Å². The average Bonchev–Trinajstić information content (AvgIpc) is 2.58. The number of hydrogen-bond acceptors (Lipinski definition) is 3. The number of hydrogen-bond donors (Lipinski definition) is 2. The summed E-state index contributed by atoms with van der Waals surface area (Å²) < 4.78 is 5.08. The number of allylic oxidation sites excluding steroid dienone is 2. The fourth-order valence-corrected chi connectivity index (χ4v) is 3.39. The molecule has 2 N–H and O–H groups in total. The van der Waals surface area contributed by atoms with Gasteiger partial charge in [-0.05, 0) is 69.1 Å². The van der Waals surface area contributed by atoms with E-state index in [0.29, 0.717) is 18.2 Å². The highest BCUT2D eigenvalue weighted by atomic mass is 16.5. The van der Waals surface area contributed by atoms with Gasteiger partial charge in [-0.15, -0.1) is 0 Å². The molecule has 0 radical (unpaired) electrons. The molecule has 0 heterocycles. The third-order valence-electron chi connectivity index (χ3n) is 4.80. The molecule has 132 valence electrons. The summed E-state index contributed by atoms with van der Waals surface area (Å²) in [5.41, 5.74) is 0.849. The zero-order valence-corrected chi connectivity index (χ0v) is 14.8. The molecule has 2 rings (SSSR count). The fraction of sp³-hybridized carbons (Fsp3) is 0.550. The first-order valence-electron chi connectivity index (χ1n) is 8.88. The molecule has 1 aliphatic carbocycles. The molecule has 1 fully saturated rings. The Balaban J connectivity index is 1.75. The number of carbonyl (C=O) groups excluding carboxylic acids is 1. The van der Waals surface area contributed by atoms with E-state index in [2.05, 4.69) is 24.4 Å². The fourth-order valence-electron chi connectivity index (χ4n) is 3.39. The van der Waals surface area contributed by atoms with E-state index < -0.39 is 0 Å². The van der Waals surface area contributed by atoms with Crippen molar-refractivity contribution in [3.8, 4) is 11.5 Å². The van der Waals surface area contributed by atoms with Crippen molar-refractivity contribution < 1.29 is 14.6 Å². The van der Waals surface area contributed by atoms with Crippen LogP contribution in [0.4, 0.5) is 0 Å². The van der Waals surface area contributed by atoms with Crippen molar-refractivity contribution in [1.29, 1.82) is 0 Å². The van der Waals surface area contributed by atoms with Gasteiger partial charge in [0.1, 0.15) is 0 Å². The summed E-state index contributed by atoms with van der Waals surface area (Å²) in [6.45, 7) is 2.07. The first-order chi connectivity index (χ1) is 11.6. The Kier molecular flexibility index (Phi) is 7.16. The van der Waals surface area contributed by atoms with E-state index in [9.17, 15) is 9.90 Å². The number of aromatic hydroxyl groups is 1. The van der Waals surface area contributed by atoms with Gasteiger partial charge in [0, 0.05) is 6.04 Å². The summed E-state index contributed by atoms with van der Waals surface area (Å²) in [5, 5.41) is 12.8. The van der Waals surface area contributed by atoms with Gasteiger partial charge in [-0.2, -0.15) is 0 Å². The standard InChI is InChI=1S/C20H29NO3/c1-3-4-5-6-15-7-10-17(11-8-15)21-20(23)14-16-9-12-18(22)19(13-16)24-2/h3-4,9,12-13,15,17,22H,5-8,10-11,14H2,1-2H3,(H,21,23)/b4-3-/t15-,17-. The molecule has 0 atom stereocenters. The molecule has 0 saturated heterocycles. The van der Waals surface area contributed by atoms with Crippen LogP contribution in [-0.2, 0) is 11.2 Å². The molecule has 24 heavy (non-hydrogen) atoms. The highest BCUT2D eigenvalue weighted by Gasteiger charge is 2.22. The second-order valence-corrected chi connectivity index (χ2v) is 6.61. The minimum Gasteiger partial charge on any atom is -0.504 e. The molecule has 0 spiro atoms. The van der Waals surface area contributed by atoms with E-state index in [0.717, 1.165) is 24.3 Å². The van der Waals surface area contributed by atoms with E-state index in [4.69, 9.17) is 4.74 Å². The number of phenols is 1. The Hall–Kier alpha value is -1.97. The lowest BCUT2D eigenvalue weighted by Crippen LogP contribution is -2.38. The van der Waals surface area contributed by atoms with Gasteiger partial charge in [-0.3, -0.25) is 4.79 Å². The Labute approximate surface area is 144 Å². The Morgan fingerprint density at radius 1 is 1.33 bits per heavy atom. The quantitative estimate of drug-likeness (QED) is 0.743. The van der Waals surface area contributed by atoms with Crippen LogP contribution >= 0.6 is 0 Å². The number of ether oxygens (including phenoxy) is 1. The number of amides is 1. The monoisotopic (exact) mass is 331 g/mol. The maximum absolute atomic E-state index is 12.2. The molecule has 0 aliphatic heterocycles. The molecule has 1 aliphatic rings. The van der Waals surface area contributed by atoms with Crippen molar-refractivity contribution in [3.05, 3.63) is 35.9 Å². The number of rotatable bonds is 7. The summed E-state index contributed by atoms with van der Waals surface area (Å²) in [5.74, 6) is 1.34. The van der Waals surface area contributed by atoms with Crippen LogP contribution in [0.5, 0.6) is 11.5 Å². The minimum atomic E-state index is 0.0418. The van der Waals surface area contributed by atoms with Crippen molar-refractivity contribution >= 4 is 5.91 Å². The summed E-state index contributed by atoms with van der Waals surface area (Å²) in [7, 11) is 1.51. The first kappa shape index (κ1) is 18.4. The number of benzene rings is 1. The molecule has 0 bridgehead atoms. The highest BCUT2D eigenvalue weighted by molar-refractivity contribution is 5.79. The van der Waals surface area contributed by atoms with Crippen LogP contribution in [0, 0.1) is 5.92 Å². The predicted molar refractivity (Wildman–Crippen MR) is 96.3 cm³/mol. The van der Waals surface area contributed by atoms with Crippen LogP contribution in [-0.4, -0.2) is 24.2 Å². The van der Waals surface area contributed by atoms with Gasteiger partial charge in [-0.1, -0.05) is 18.2 Å². The lowest BCUT2D eigenvalue weighted by Gasteiger charge is -2.29. The molecule has 4 nitrogen and oxygen atoms in total. The lowest BCUT2D eigenvalue weighted by atomic mass is 9.83. The summed E-state index contributed by atoms with van der Waals surface area (Å²) >= 11 is 0. The van der Waals surface area contributed by atoms with E-state index in [-0.39, 0.29) is 11.7 Å². The molecule has 1 aromatic rings. The number of phenolic OH excluding ortho intramolecular Hbond substituents is 1. The summed E-state index contributed by atoms with van der Waals surface area (Å²) in [4.78, 5) is 12.2. The minimum absolute atomic E-state index is 0.0418. The van der Waals surface area contributed by atoms with Gasteiger partial charge < -0.3 is 15.2 Å². The van der Waals surface area contributed by atoms with E-state index in [1.165, 1.54) is 32.8 Å². The van der Waals surface area contributed by atoms with Crippen LogP contribution in [0.25, 0.3) is 0 Å². The molecular formula is C20H29NO3. The van der Waals surface area contributed by atoms with Crippen molar-refractivity contribution in [2.75, 3.05) is 7.11 Å². The Morgan fingerprint density at radius 3 is 2.75 bits per heavy atom. The average molecular weight is 331 g/mol. The second kappa shape index (κ2) is 9.36. The molecule has 1 aromatic carbocycles. The van der Waals surface area contributed by atoms with E-state index >= 15 is 0 Å². The molecule has 4 heteroatoms. The third kappa shape index (κ3) is 5.59. The van der Waals surface area contributed by atoms with Crippen molar-refractivity contribution in [2.45, 2.75) is 57.9 Å². The molecule has 1 saturated carbocycles. The predicted octanol–water partition coefficient (Wildman–Crippen LogP) is 3.97. The smallest absolute Gasteiger partial charge is 0.224 e. The van der Waals surface area contributed by atoms with Crippen LogP contribution < -0.4 is 10.1 Å². The number of carbonyl (C=O) groups is 1. The maximum Gasteiger partial charge on any atom is 0.224 e. The van der Waals surface area contributed by atoms with Gasteiger partial charge in [0.2, 0.25) is 5.91 Å². The Morgan fingerprint density at radius 2 is 2.08 bits per heavy atom. The molecular weight excluding hydrogens is 302 g/mol. The van der Waals surface area contributed by atoms with E-state index in [1.807, 2.05) is 0 Å². The van der Waals surface area contributed by atoms with Gasteiger partial charge in [-0.25, -0.2) is 0 Å². The topological polar surface area (TPSA) is 58.6 Å². The van der Waals surface area contributed by atoms with Crippen LogP contribution in [0.2, 0.25) is 0 Å². The van der Waals surface area contributed by atoms with Crippen molar-refractivity contribution in [3.63, 3.8) is 0 Å². The molecule has 0 aromatic heterocycles. The first-order valence-corrected chi connectivity index (χ1v) is 8.88. The summed E-state index contributed by atoms with van der Waals surface area (Å²) in [6.07, 6.45) is 11.7. The summed E-state index contributed by atoms with van der Waals surface area (Å²) in [6, 6.07) is 5.34. The van der Waals surface area contributed by atoms with Crippen molar-refractivity contribution in [2.24, 2.45) is 5.92 Å². The van der Waals surface area contributed by atoms with Crippen LogP contribution in [0.1, 0.15) is 51.0 Å². The maximum atomic E-state index is 12.2. The number of methoxy groups -OCH3 is 1. The van der Waals surface area contributed by atoms with Gasteiger partial charge in [0.05, 0.1) is 13.5 Å². The third-order valence-corrected chi connectivity index (χ3v) is 4.80.